The van der Waals surface area contributed by atoms with E-state index in [2.05, 4.69) is 9.80 Å². The first kappa shape index (κ1) is 19.5. The van der Waals surface area contributed by atoms with Crippen molar-refractivity contribution >= 4 is 5.91 Å². The van der Waals surface area contributed by atoms with E-state index in [-0.39, 0.29) is 11.4 Å². The first-order chi connectivity index (χ1) is 14.2. The molecule has 1 atom stereocenters. The number of likely N-dealkylation sites (tertiary alicyclic amines) is 2. The van der Waals surface area contributed by atoms with Crippen molar-refractivity contribution < 1.29 is 14.3 Å². The van der Waals surface area contributed by atoms with Crippen LogP contribution < -0.4 is 0 Å². The number of hydrogen-bond acceptors (Lipinski definition) is 4. The van der Waals surface area contributed by atoms with Gasteiger partial charge in [0.2, 0.25) is 5.91 Å². The number of amides is 1. The molecule has 0 bridgehead atoms. The molecule has 4 aliphatic rings. The van der Waals surface area contributed by atoms with Crippen LogP contribution in [0.4, 0.5) is 0 Å². The number of piperidine rings is 1. The number of rotatable bonds is 6. The van der Waals surface area contributed by atoms with Crippen LogP contribution in [0.25, 0.3) is 0 Å². The number of carbonyl (C=O) groups is 1. The van der Waals surface area contributed by atoms with Gasteiger partial charge in [-0.15, -0.1) is 0 Å². The van der Waals surface area contributed by atoms with Gasteiger partial charge in [-0.3, -0.25) is 9.69 Å². The zero-order valence-electron chi connectivity index (χ0n) is 17.4. The SMILES string of the molecule is O=C(Cc1ccccc1)N1CCC(N2CC(OCC3CC3)C23CCOCC3)CC1. The molecule has 4 fully saturated rings. The van der Waals surface area contributed by atoms with Crippen LogP contribution in [0.3, 0.4) is 0 Å². The van der Waals surface area contributed by atoms with Gasteiger partial charge in [0.05, 0.1) is 18.1 Å². The fraction of sp³-hybridized carbons (Fsp3) is 0.708. The Morgan fingerprint density at radius 2 is 1.79 bits per heavy atom. The Balaban J connectivity index is 1.16. The van der Waals surface area contributed by atoms with Crippen molar-refractivity contribution in [3.63, 3.8) is 0 Å². The minimum Gasteiger partial charge on any atom is -0.381 e. The number of hydrogen-bond donors (Lipinski definition) is 0. The van der Waals surface area contributed by atoms with Crippen molar-refractivity contribution in [1.29, 1.82) is 0 Å². The van der Waals surface area contributed by atoms with Crippen molar-refractivity contribution in [3.05, 3.63) is 35.9 Å². The van der Waals surface area contributed by atoms with Gasteiger partial charge in [0.1, 0.15) is 0 Å². The molecule has 1 saturated carbocycles. The lowest BCUT2D eigenvalue weighted by Crippen LogP contribution is -2.76. The standard InChI is InChI=1S/C24H34N2O3/c27-23(16-19-4-2-1-3-5-19)25-12-8-21(9-13-25)26-17-22(29-18-20-6-7-20)24(26)10-14-28-15-11-24/h1-5,20-22H,6-18H2. The minimum atomic E-state index is 0.189. The topological polar surface area (TPSA) is 42.0 Å². The van der Waals surface area contributed by atoms with Crippen LogP contribution in [-0.4, -0.2) is 72.8 Å². The first-order valence-electron chi connectivity index (χ1n) is 11.5. The summed E-state index contributed by atoms with van der Waals surface area (Å²) < 4.78 is 12.1. The van der Waals surface area contributed by atoms with Gasteiger partial charge in [-0.25, -0.2) is 0 Å². The molecule has 158 valence electrons. The Bertz CT molecular complexity index is 691. The van der Waals surface area contributed by atoms with E-state index in [1.807, 2.05) is 30.3 Å². The van der Waals surface area contributed by atoms with E-state index in [1.54, 1.807) is 0 Å². The molecule has 1 amide bonds. The minimum absolute atomic E-state index is 0.189. The molecule has 3 aliphatic heterocycles. The van der Waals surface area contributed by atoms with Crippen molar-refractivity contribution in [2.24, 2.45) is 5.92 Å². The van der Waals surface area contributed by atoms with Gasteiger partial charge in [-0.05, 0) is 50.0 Å². The van der Waals surface area contributed by atoms with E-state index in [0.29, 0.717) is 18.6 Å². The van der Waals surface area contributed by atoms with E-state index >= 15 is 0 Å². The number of ether oxygens (including phenoxy) is 2. The lowest BCUT2D eigenvalue weighted by Gasteiger charge is -2.63. The Kier molecular flexibility index (Phi) is 5.63. The van der Waals surface area contributed by atoms with Crippen LogP contribution in [0.15, 0.2) is 30.3 Å². The third-order valence-corrected chi connectivity index (χ3v) is 7.58. The second-order valence-corrected chi connectivity index (χ2v) is 9.41. The van der Waals surface area contributed by atoms with Gasteiger partial charge in [0.25, 0.3) is 0 Å². The van der Waals surface area contributed by atoms with Gasteiger partial charge in [0, 0.05) is 45.5 Å². The normalized spacial score (nSPS) is 27.7. The average Bonchev–Trinajstić information content (AvgIpc) is 3.59. The van der Waals surface area contributed by atoms with Gasteiger partial charge in [-0.2, -0.15) is 0 Å². The van der Waals surface area contributed by atoms with Gasteiger partial charge in [-0.1, -0.05) is 30.3 Å². The Morgan fingerprint density at radius 3 is 2.48 bits per heavy atom. The quantitative estimate of drug-likeness (QED) is 0.739. The fourth-order valence-corrected chi connectivity index (χ4v) is 5.50. The maximum absolute atomic E-state index is 12.7. The summed E-state index contributed by atoms with van der Waals surface area (Å²) in [5.41, 5.74) is 1.30. The smallest absolute Gasteiger partial charge is 0.226 e. The molecule has 3 saturated heterocycles. The highest BCUT2D eigenvalue weighted by atomic mass is 16.5. The van der Waals surface area contributed by atoms with Crippen LogP contribution >= 0.6 is 0 Å². The summed E-state index contributed by atoms with van der Waals surface area (Å²) in [6.07, 6.45) is 7.95. The third kappa shape index (κ3) is 4.10. The molecule has 29 heavy (non-hydrogen) atoms. The monoisotopic (exact) mass is 398 g/mol. The van der Waals surface area contributed by atoms with E-state index in [1.165, 1.54) is 12.8 Å². The second-order valence-electron chi connectivity index (χ2n) is 9.41. The Morgan fingerprint density at radius 1 is 1.07 bits per heavy atom. The van der Waals surface area contributed by atoms with Crippen molar-refractivity contribution in [2.75, 3.05) is 39.5 Å². The average molecular weight is 399 g/mol. The molecule has 1 aliphatic carbocycles. The molecular formula is C24H34N2O3. The lowest BCUT2D eigenvalue weighted by atomic mass is 9.73. The molecule has 0 N–H and O–H groups in total. The van der Waals surface area contributed by atoms with Crippen LogP contribution in [0.2, 0.25) is 0 Å². The molecule has 5 nitrogen and oxygen atoms in total. The van der Waals surface area contributed by atoms with E-state index in [9.17, 15) is 4.79 Å². The first-order valence-corrected chi connectivity index (χ1v) is 11.5. The van der Waals surface area contributed by atoms with Crippen LogP contribution in [0.1, 0.15) is 44.1 Å². The maximum atomic E-state index is 12.7. The molecule has 1 aromatic rings. The van der Waals surface area contributed by atoms with Crippen molar-refractivity contribution in [1.82, 2.24) is 9.80 Å². The van der Waals surface area contributed by atoms with E-state index in [4.69, 9.17) is 9.47 Å². The van der Waals surface area contributed by atoms with Gasteiger partial charge < -0.3 is 14.4 Å². The summed E-state index contributed by atoms with van der Waals surface area (Å²) in [6.45, 7) is 5.49. The van der Waals surface area contributed by atoms with E-state index < -0.39 is 0 Å². The highest BCUT2D eigenvalue weighted by Gasteiger charge is 2.57. The summed E-state index contributed by atoms with van der Waals surface area (Å²) >= 11 is 0. The van der Waals surface area contributed by atoms with E-state index in [0.717, 1.165) is 76.6 Å². The summed E-state index contributed by atoms with van der Waals surface area (Å²) in [7, 11) is 0. The number of nitrogens with zero attached hydrogens (tertiary/aromatic N) is 2. The number of carbonyl (C=O) groups excluding carboxylic acids is 1. The van der Waals surface area contributed by atoms with Gasteiger partial charge in [0.15, 0.2) is 0 Å². The van der Waals surface area contributed by atoms with Crippen LogP contribution in [-0.2, 0) is 20.7 Å². The largest absolute Gasteiger partial charge is 0.381 e. The molecule has 0 radical (unpaired) electrons. The maximum Gasteiger partial charge on any atom is 0.226 e. The Hall–Kier alpha value is -1.43. The molecule has 1 unspecified atom stereocenters. The molecule has 3 heterocycles. The summed E-state index contributed by atoms with van der Waals surface area (Å²) in [6, 6.07) is 10.7. The molecule has 5 heteroatoms. The molecule has 0 aromatic heterocycles. The highest BCUT2D eigenvalue weighted by molar-refractivity contribution is 5.78. The number of benzene rings is 1. The summed E-state index contributed by atoms with van der Waals surface area (Å²) in [5.74, 6) is 1.09. The van der Waals surface area contributed by atoms with Crippen molar-refractivity contribution in [3.8, 4) is 0 Å². The molecule has 5 rings (SSSR count). The zero-order chi connectivity index (χ0) is 19.7. The predicted molar refractivity (Wildman–Crippen MR) is 112 cm³/mol. The lowest BCUT2D eigenvalue weighted by molar-refractivity contribution is -0.217. The van der Waals surface area contributed by atoms with Gasteiger partial charge >= 0.3 is 0 Å². The summed E-state index contributed by atoms with van der Waals surface area (Å²) in [4.78, 5) is 17.5. The Labute approximate surface area is 174 Å². The fourth-order valence-electron chi connectivity index (χ4n) is 5.50. The molecular weight excluding hydrogens is 364 g/mol. The molecule has 1 aromatic carbocycles. The second kappa shape index (κ2) is 8.37. The zero-order valence-corrected chi connectivity index (χ0v) is 17.4. The third-order valence-electron chi connectivity index (χ3n) is 7.58. The molecule has 1 spiro atoms. The predicted octanol–water partition coefficient (Wildman–Crippen LogP) is 2.88. The van der Waals surface area contributed by atoms with Crippen LogP contribution in [0.5, 0.6) is 0 Å². The van der Waals surface area contributed by atoms with Crippen LogP contribution in [0, 0.1) is 5.92 Å². The van der Waals surface area contributed by atoms with Crippen molar-refractivity contribution in [2.45, 2.75) is 62.6 Å². The highest BCUT2D eigenvalue weighted by Crippen LogP contribution is 2.45. The summed E-state index contributed by atoms with van der Waals surface area (Å²) in [5, 5.41) is 0.